The van der Waals surface area contributed by atoms with Crippen LogP contribution in [0, 0.1) is 0 Å². The molecule has 0 aliphatic heterocycles. The van der Waals surface area contributed by atoms with Gasteiger partial charge in [-0.25, -0.2) is 0 Å². The van der Waals surface area contributed by atoms with Crippen LogP contribution in [0.5, 0.6) is 0 Å². The summed E-state index contributed by atoms with van der Waals surface area (Å²) in [4.78, 5) is 0. The summed E-state index contributed by atoms with van der Waals surface area (Å²) >= 11 is 0. The Kier molecular flexibility index (Phi) is 5.22. The summed E-state index contributed by atoms with van der Waals surface area (Å²) < 4.78 is 46.1. The summed E-state index contributed by atoms with van der Waals surface area (Å²) in [5.74, 6) is 0. The van der Waals surface area contributed by atoms with E-state index in [4.69, 9.17) is 4.74 Å². The third kappa shape index (κ3) is 4.59. The van der Waals surface area contributed by atoms with Gasteiger partial charge in [0.1, 0.15) is 6.73 Å². The molecule has 0 saturated carbocycles. The van der Waals surface area contributed by atoms with Crippen molar-refractivity contribution in [2.45, 2.75) is 45.2 Å². The number of nitrogens with zero attached hydrogens (tertiary/aromatic N) is 1. The van der Waals surface area contributed by atoms with Gasteiger partial charge in [-0.3, -0.25) is 0 Å². The lowest BCUT2D eigenvalue weighted by molar-refractivity contribution is -0.137. The van der Waals surface area contributed by atoms with Crippen LogP contribution in [0.15, 0.2) is 24.4 Å². The molecule has 0 aliphatic carbocycles. The van der Waals surface area contributed by atoms with E-state index in [1.165, 1.54) is 0 Å². The van der Waals surface area contributed by atoms with Gasteiger partial charge in [0.25, 0.3) is 0 Å². The molecule has 1 N–H and O–H groups in total. The molecular formula is C16H22F3NO2Si. The predicted octanol–water partition coefficient (Wildman–Crippen LogP) is 4.46. The number of alkyl halides is 3. The average Bonchev–Trinajstić information content (AvgIpc) is 2.84. The van der Waals surface area contributed by atoms with E-state index in [1.54, 1.807) is 16.8 Å². The first-order valence-corrected chi connectivity index (χ1v) is 11.2. The maximum atomic E-state index is 12.9. The van der Waals surface area contributed by atoms with Gasteiger partial charge in [0, 0.05) is 31.8 Å². The van der Waals surface area contributed by atoms with E-state index in [-0.39, 0.29) is 12.3 Å². The highest BCUT2D eigenvalue weighted by Crippen LogP contribution is 2.33. The van der Waals surface area contributed by atoms with Gasteiger partial charge in [-0.15, -0.1) is 0 Å². The summed E-state index contributed by atoms with van der Waals surface area (Å²) in [5.41, 5.74) is 0.105. The molecule has 0 bridgehead atoms. The van der Waals surface area contributed by atoms with Gasteiger partial charge in [0.15, 0.2) is 0 Å². The van der Waals surface area contributed by atoms with Crippen molar-refractivity contribution in [2.24, 2.45) is 0 Å². The van der Waals surface area contributed by atoms with Crippen LogP contribution in [0.3, 0.4) is 0 Å². The fraction of sp³-hybridized carbons (Fsp3) is 0.500. The van der Waals surface area contributed by atoms with Crippen molar-refractivity contribution in [3.63, 3.8) is 0 Å². The largest absolute Gasteiger partial charge is 0.416 e. The first-order chi connectivity index (χ1) is 10.6. The molecule has 0 saturated heterocycles. The molecule has 1 aromatic carbocycles. The second kappa shape index (κ2) is 6.66. The van der Waals surface area contributed by atoms with E-state index in [9.17, 15) is 18.3 Å². The molecule has 0 spiro atoms. The van der Waals surface area contributed by atoms with E-state index in [0.29, 0.717) is 17.5 Å². The zero-order valence-corrected chi connectivity index (χ0v) is 14.6. The number of aliphatic hydroxyl groups is 1. The molecule has 2 aromatic rings. The van der Waals surface area contributed by atoms with Gasteiger partial charge in [0.05, 0.1) is 17.7 Å². The smallest absolute Gasteiger partial charge is 0.392 e. The number of benzene rings is 1. The summed E-state index contributed by atoms with van der Waals surface area (Å²) in [6.07, 6.45) is -2.73. The van der Waals surface area contributed by atoms with Crippen molar-refractivity contribution in [3.8, 4) is 0 Å². The average molecular weight is 345 g/mol. The van der Waals surface area contributed by atoms with E-state index in [1.807, 2.05) is 0 Å². The Bertz CT molecular complexity index is 674. The molecule has 0 atom stereocenters. The minimum Gasteiger partial charge on any atom is -0.392 e. The van der Waals surface area contributed by atoms with Crippen LogP contribution in [0.25, 0.3) is 10.9 Å². The number of aromatic nitrogens is 1. The first kappa shape index (κ1) is 18.0. The van der Waals surface area contributed by atoms with Crippen molar-refractivity contribution in [3.05, 3.63) is 35.5 Å². The summed E-state index contributed by atoms with van der Waals surface area (Å²) in [6.45, 7) is 7.22. The molecule has 0 aliphatic rings. The molecule has 1 heterocycles. The van der Waals surface area contributed by atoms with Crippen LogP contribution in [-0.4, -0.2) is 24.4 Å². The Labute approximate surface area is 134 Å². The molecule has 23 heavy (non-hydrogen) atoms. The second-order valence-corrected chi connectivity index (χ2v) is 12.5. The number of aliphatic hydroxyl groups excluding tert-OH is 1. The maximum Gasteiger partial charge on any atom is 0.416 e. The number of ether oxygens (including phenoxy) is 1. The van der Waals surface area contributed by atoms with Crippen molar-refractivity contribution in [2.75, 3.05) is 6.61 Å². The van der Waals surface area contributed by atoms with E-state index < -0.39 is 26.4 Å². The number of hydrogen-bond donors (Lipinski definition) is 1. The van der Waals surface area contributed by atoms with Crippen molar-refractivity contribution < 1.29 is 23.0 Å². The van der Waals surface area contributed by atoms with Gasteiger partial charge in [-0.2, -0.15) is 13.2 Å². The van der Waals surface area contributed by atoms with Crippen LogP contribution in [0.1, 0.15) is 11.1 Å². The molecule has 128 valence electrons. The SMILES string of the molecule is C[Si](C)(C)CCOCn1ccc2cc(C(F)(F)F)cc(CO)c21. The summed E-state index contributed by atoms with van der Waals surface area (Å²) in [7, 11) is -1.18. The second-order valence-electron chi connectivity index (χ2n) is 6.86. The third-order valence-electron chi connectivity index (χ3n) is 3.66. The lowest BCUT2D eigenvalue weighted by atomic mass is 10.1. The van der Waals surface area contributed by atoms with Crippen molar-refractivity contribution in [1.82, 2.24) is 4.57 Å². The maximum absolute atomic E-state index is 12.9. The van der Waals surface area contributed by atoms with Crippen LogP contribution in [0.2, 0.25) is 25.7 Å². The van der Waals surface area contributed by atoms with Gasteiger partial charge in [-0.1, -0.05) is 19.6 Å². The number of halogens is 3. The van der Waals surface area contributed by atoms with E-state index in [2.05, 4.69) is 19.6 Å². The first-order valence-electron chi connectivity index (χ1n) is 7.49. The highest BCUT2D eigenvalue weighted by Gasteiger charge is 2.31. The fourth-order valence-corrected chi connectivity index (χ4v) is 3.13. The molecule has 2 rings (SSSR count). The normalized spacial score (nSPS) is 13.0. The predicted molar refractivity (Wildman–Crippen MR) is 87.0 cm³/mol. The highest BCUT2D eigenvalue weighted by atomic mass is 28.3. The topological polar surface area (TPSA) is 34.4 Å². The molecule has 0 fully saturated rings. The highest BCUT2D eigenvalue weighted by molar-refractivity contribution is 6.76. The quantitative estimate of drug-likeness (QED) is 0.619. The lowest BCUT2D eigenvalue weighted by Crippen LogP contribution is -2.22. The molecule has 3 nitrogen and oxygen atoms in total. The summed E-state index contributed by atoms with van der Waals surface area (Å²) in [5, 5.41) is 9.89. The molecule has 1 aromatic heterocycles. The lowest BCUT2D eigenvalue weighted by Gasteiger charge is -2.16. The monoisotopic (exact) mass is 345 g/mol. The Morgan fingerprint density at radius 1 is 1.22 bits per heavy atom. The van der Waals surface area contributed by atoms with Gasteiger partial charge in [0.2, 0.25) is 0 Å². The van der Waals surface area contributed by atoms with Crippen molar-refractivity contribution >= 4 is 19.0 Å². The number of rotatable bonds is 6. The molecule has 0 radical (unpaired) electrons. The van der Waals surface area contributed by atoms with E-state index in [0.717, 1.165) is 18.2 Å². The standard InChI is InChI=1S/C16H22F3NO2Si/c1-23(2,3)7-6-22-11-20-5-4-12-8-14(16(17,18)19)9-13(10-21)15(12)20/h4-5,8-9,21H,6-7,10-11H2,1-3H3. The number of fused-ring (bicyclic) bond motifs is 1. The Morgan fingerprint density at radius 2 is 1.91 bits per heavy atom. The Balaban J connectivity index is 2.22. The van der Waals surface area contributed by atoms with E-state index >= 15 is 0 Å². The van der Waals surface area contributed by atoms with Crippen molar-refractivity contribution in [1.29, 1.82) is 0 Å². The molecular weight excluding hydrogens is 323 g/mol. The van der Waals surface area contributed by atoms with Gasteiger partial charge >= 0.3 is 6.18 Å². The van der Waals surface area contributed by atoms with Crippen LogP contribution >= 0.6 is 0 Å². The molecule has 7 heteroatoms. The van der Waals surface area contributed by atoms with Gasteiger partial charge < -0.3 is 14.4 Å². The van der Waals surface area contributed by atoms with Gasteiger partial charge in [-0.05, 0) is 24.2 Å². The van der Waals surface area contributed by atoms with Crippen LogP contribution in [-0.2, 0) is 24.3 Å². The molecule has 0 amide bonds. The Hall–Kier alpha value is -1.31. The molecule has 0 unspecified atom stereocenters. The third-order valence-corrected chi connectivity index (χ3v) is 5.37. The minimum absolute atomic E-state index is 0.258. The fourth-order valence-electron chi connectivity index (χ4n) is 2.37. The van der Waals surface area contributed by atoms with Crippen LogP contribution in [0.4, 0.5) is 13.2 Å². The summed E-state index contributed by atoms with van der Waals surface area (Å²) in [6, 6.07) is 4.75. The zero-order valence-electron chi connectivity index (χ0n) is 13.6. The minimum atomic E-state index is -4.42. The Morgan fingerprint density at radius 3 is 2.48 bits per heavy atom. The number of hydrogen-bond acceptors (Lipinski definition) is 2. The van der Waals surface area contributed by atoms with Crippen LogP contribution < -0.4 is 0 Å². The zero-order chi connectivity index (χ0) is 17.3.